The van der Waals surface area contributed by atoms with Crippen molar-refractivity contribution in [1.29, 1.82) is 0 Å². The minimum atomic E-state index is 0.111. The molecule has 2 aromatic rings. The molecule has 128 valence electrons. The van der Waals surface area contributed by atoms with Crippen molar-refractivity contribution in [2.75, 3.05) is 13.2 Å². The fraction of sp³-hybridized carbons (Fsp3) is 0.333. The Labute approximate surface area is 152 Å². The largest absolute Gasteiger partial charge is 0.492 e. The lowest BCUT2D eigenvalue weighted by atomic mass is 10.2. The van der Waals surface area contributed by atoms with Gasteiger partial charge in [-0.1, -0.05) is 23.2 Å². The number of nitrogens with zero attached hydrogens (tertiary/aromatic N) is 2. The third-order valence-electron chi connectivity index (χ3n) is 3.54. The lowest BCUT2D eigenvalue weighted by Gasteiger charge is -2.21. The fourth-order valence-corrected chi connectivity index (χ4v) is 2.70. The van der Waals surface area contributed by atoms with Gasteiger partial charge in [0.2, 0.25) is 5.91 Å². The molecule has 0 radical (unpaired) electrons. The molecule has 1 aromatic heterocycles. The second-order valence-corrected chi connectivity index (χ2v) is 6.13. The molecule has 0 saturated carbocycles. The van der Waals surface area contributed by atoms with Crippen LogP contribution in [-0.4, -0.2) is 28.9 Å². The molecule has 0 aliphatic carbocycles. The molecule has 24 heavy (non-hydrogen) atoms. The smallest absolute Gasteiger partial charge is 0.222 e. The molecule has 0 spiro atoms. The van der Waals surface area contributed by atoms with Gasteiger partial charge in [-0.25, -0.2) is 0 Å². The van der Waals surface area contributed by atoms with E-state index in [1.54, 1.807) is 30.6 Å². The molecule has 0 aliphatic rings. The first-order chi connectivity index (χ1) is 11.6. The van der Waals surface area contributed by atoms with Crippen molar-refractivity contribution in [3.8, 4) is 5.75 Å². The average Bonchev–Trinajstić information content (AvgIpc) is 2.58. The zero-order valence-corrected chi connectivity index (χ0v) is 15.1. The molecular formula is C18H20Cl2N2O2. The van der Waals surface area contributed by atoms with Gasteiger partial charge in [0.05, 0.1) is 11.6 Å². The topological polar surface area (TPSA) is 42.4 Å². The zero-order chi connectivity index (χ0) is 17.4. The third kappa shape index (κ3) is 5.69. The molecule has 0 saturated heterocycles. The molecule has 1 heterocycles. The van der Waals surface area contributed by atoms with Crippen LogP contribution in [0.4, 0.5) is 0 Å². The Hall–Kier alpha value is -1.78. The number of amides is 1. The number of aromatic nitrogens is 1. The van der Waals surface area contributed by atoms with E-state index in [1.807, 2.05) is 24.0 Å². The van der Waals surface area contributed by atoms with Crippen molar-refractivity contribution < 1.29 is 9.53 Å². The Balaban J connectivity index is 1.77. The number of ether oxygens (including phenoxy) is 1. The molecule has 4 nitrogen and oxygen atoms in total. The normalized spacial score (nSPS) is 10.5. The summed E-state index contributed by atoms with van der Waals surface area (Å²) < 4.78 is 5.60. The summed E-state index contributed by atoms with van der Waals surface area (Å²) in [6.45, 7) is 3.68. The molecule has 0 unspecified atom stereocenters. The number of hydrogen-bond acceptors (Lipinski definition) is 3. The molecule has 0 fully saturated rings. The molecule has 1 aromatic carbocycles. The number of carbonyl (C=O) groups excluding carboxylic acids is 1. The van der Waals surface area contributed by atoms with Gasteiger partial charge in [-0.15, -0.1) is 0 Å². The molecule has 1 amide bonds. The maximum atomic E-state index is 12.3. The van der Waals surface area contributed by atoms with E-state index in [4.69, 9.17) is 27.9 Å². The zero-order valence-electron chi connectivity index (χ0n) is 13.5. The van der Waals surface area contributed by atoms with Crippen LogP contribution in [0.25, 0.3) is 0 Å². The highest BCUT2D eigenvalue weighted by Gasteiger charge is 2.12. The number of pyridine rings is 1. The maximum absolute atomic E-state index is 12.3. The number of rotatable bonds is 8. The maximum Gasteiger partial charge on any atom is 0.222 e. The highest BCUT2D eigenvalue weighted by atomic mass is 35.5. The van der Waals surface area contributed by atoms with Crippen LogP contribution >= 0.6 is 23.2 Å². The summed E-state index contributed by atoms with van der Waals surface area (Å²) in [5.74, 6) is 0.692. The Bertz CT molecular complexity index is 665. The first-order valence-corrected chi connectivity index (χ1v) is 8.60. The summed E-state index contributed by atoms with van der Waals surface area (Å²) in [5, 5.41) is 1.04. The lowest BCUT2D eigenvalue weighted by molar-refractivity contribution is -0.131. The van der Waals surface area contributed by atoms with E-state index < -0.39 is 0 Å². The first kappa shape index (κ1) is 18.6. The van der Waals surface area contributed by atoms with Crippen molar-refractivity contribution in [3.05, 3.63) is 58.3 Å². The number of carbonyl (C=O) groups is 1. The highest BCUT2D eigenvalue weighted by Crippen LogP contribution is 2.27. The number of benzene rings is 1. The number of hydrogen-bond donors (Lipinski definition) is 0. The highest BCUT2D eigenvalue weighted by molar-refractivity contribution is 6.35. The van der Waals surface area contributed by atoms with Gasteiger partial charge in [0.1, 0.15) is 5.75 Å². The van der Waals surface area contributed by atoms with E-state index in [2.05, 4.69) is 4.98 Å². The van der Waals surface area contributed by atoms with Crippen LogP contribution in [0.5, 0.6) is 5.75 Å². The quantitative estimate of drug-likeness (QED) is 0.641. The Morgan fingerprint density at radius 1 is 1.21 bits per heavy atom. The summed E-state index contributed by atoms with van der Waals surface area (Å²) in [5.41, 5.74) is 1.07. The molecule has 6 heteroatoms. The SMILES string of the molecule is CCN(Cc1ccncc1)C(=O)CCCOc1ccc(Cl)cc1Cl. The van der Waals surface area contributed by atoms with Crippen LogP contribution in [0.3, 0.4) is 0 Å². The van der Waals surface area contributed by atoms with E-state index in [-0.39, 0.29) is 5.91 Å². The van der Waals surface area contributed by atoms with Gasteiger partial charge in [0.25, 0.3) is 0 Å². The van der Waals surface area contributed by atoms with Crippen molar-refractivity contribution in [3.63, 3.8) is 0 Å². The molecular weight excluding hydrogens is 347 g/mol. The summed E-state index contributed by atoms with van der Waals surface area (Å²) in [7, 11) is 0. The lowest BCUT2D eigenvalue weighted by Crippen LogP contribution is -2.30. The number of halogens is 2. The van der Waals surface area contributed by atoms with Crippen LogP contribution in [0, 0.1) is 0 Å². The fourth-order valence-electron chi connectivity index (χ4n) is 2.24. The van der Waals surface area contributed by atoms with Crippen LogP contribution in [0.2, 0.25) is 10.0 Å². The van der Waals surface area contributed by atoms with Gasteiger partial charge in [-0.2, -0.15) is 0 Å². The van der Waals surface area contributed by atoms with Crippen LogP contribution in [0.1, 0.15) is 25.3 Å². The first-order valence-electron chi connectivity index (χ1n) is 7.84. The van der Waals surface area contributed by atoms with E-state index in [1.165, 1.54) is 0 Å². The van der Waals surface area contributed by atoms with Gasteiger partial charge >= 0.3 is 0 Å². The minimum Gasteiger partial charge on any atom is -0.492 e. The average molecular weight is 367 g/mol. The Morgan fingerprint density at radius 2 is 1.96 bits per heavy atom. The second kappa shape index (κ2) is 9.50. The van der Waals surface area contributed by atoms with Crippen molar-refractivity contribution in [2.24, 2.45) is 0 Å². The standard InChI is InChI=1S/C18H20Cl2N2O2/c1-2-22(13-14-7-9-21-10-8-14)18(23)4-3-11-24-17-6-5-15(19)12-16(17)20/h5-10,12H,2-4,11,13H2,1H3. The van der Waals surface area contributed by atoms with Gasteiger partial charge in [-0.05, 0) is 49.2 Å². The summed E-state index contributed by atoms with van der Waals surface area (Å²) in [6.07, 6.45) is 4.53. The van der Waals surface area contributed by atoms with Crippen molar-refractivity contribution in [2.45, 2.75) is 26.3 Å². The molecule has 0 atom stereocenters. The third-order valence-corrected chi connectivity index (χ3v) is 4.07. The van der Waals surface area contributed by atoms with Gasteiger partial charge in [0, 0.05) is 36.9 Å². The van der Waals surface area contributed by atoms with Crippen molar-refractivity contribution >= 4 is 29.1 Å². The van der Waals surface area contributed by atoms with Gasteiger partial charge in [-0.3, -0.25) is 9.78 Å². The minimum absolute atomic E-state index is 0.111. The van der Waals surface area contributed by atoms with Gasteiger partial charge in [0.15, 0.2) is 0 Å². The van der Waals surface area contributed by atoms with Crippen molar-refractivity contribution in [1.82, 2.24) is 9.88 Å². The van der Waals surface area contributed by atoms with E-state index in [0.717, 1.165) is 5.56 Å². The molecule has 0 bridgehead atoms. The summed E-state index contributed by atoms with van der Waals surface area (Å²) in [6, 6.07) is 8.93. The van der Waals surface area contributed by atoms with Gasteiger partial charge < -0.3 is 9.64 Å². The Kier molecular flexibility index (Phi) is 7.35. The second-order valence-electron chi connectivity index (χ2n) is 5.29. The van der Waals surface area contributed by atoms with E-state index in [0.29, 0.717) is 48.3 Å². The molecule has 0 N–H and O–H groups in total. The molecule has 2 rings (SSSR count). The van der Waals surface area contributed by atoms with E-state index >= 15 is 0 Å². The summed E-state index contributed by atoms with van der Waals surface area (Å²) >= 11 is 11.9. The Morgan fingerprint density at radius 3 is 2.62 bits per heavy atom. The van der Waals surface area contributed by atoms with Crippen LogP contribution < -0.4 is 4.74 Å². The monoisotopic (exact) mass is 366 g/mol. The predicted octanol–water partition coefficient (Wildman–Crippen LogP) is 4.60. The van der Waals surface area contributed by atoms with E-state index in [9.17, 15) is 4.79 Å². The summed E-state index contributed by atoms with van der Waals surface area (Å²) in [4.78, 5) is 18.1. The molecule has 0 aliphatic heterocycles. The predicted molar refractivity (Wildman–Crippen MR) is 96.5 cm³/mol. The van der Waals surface area contributed by atoms with Crippen LogP contribution in [0.15, 0.2) is 42.7 Å². The van der Waals surface area contributed by atoms with Crippen LogP contribution in [-0.2, 0) is 11.3 Å².